The van der Waals surface area contributed by atoms with Gasteiger partial charge >= 0.3 is 0 Å². The molecule has 0 bridgehead atoms. The van der Waals surface area contributed by atoms with Gasteiger partial charge in [-0.2, -0.15) is 0 Å². The molecule has 1 fully saturated rings. The molecule has 0 spiro atoms. The molecule has 0 N–H and O–H groups in total. The molecular weight excluding hydrogens is 344 g/mol. The van der Waals surface area contributed by atoms with E-state index in [2.05, 4.69) is 0 Å². The van der Waals surface area contributed by atoms with Crippen LogP contribution < -0.4 is 5.56 Å². The Balaban J connectivity index is 1.92. The van der Waals surface area contributed by atoms with Crippen molar-refractivity contribution in [3.05, 3.63) is 64.4 Å². The van der Waals surface area contributed by atoms with E-state index in [1.807, 2.05) is 49.4 Å². The molecule has 4 nitrogen and oxygen atoms in total. The number of nitrogens with zero attached hydrogens (tertiary/aromatic N) is 2. The van der Waals surface area contributed by atoms with E-state index in [1.54, 1.807) is 10.6 Å². The van der Waals surface area contributed by atoms with Crippen molar-refractivity contribution in [1.29, 1.82) is 0 Å². The van der Waals surface area contributed by atoms with E-state index in [0.29, 0.717) is 22.5 Å². The van der Waals surface area contributed by atoms with Crippen molar-refractivity contribution in [2.24, 2.45) is 0 Å². The Morgan fingerprint density at radius 3 is 2.62 bits per heavy atom. The molecular formula is C21H20N2O2S. The quantitative estimate of drug-likeness (QED) is 0.650. The topological polar surface area (TPSA) is 52.0 Å². The molecule has 132 valence electrons. The van der Waals surface area contributed by atoms with Gasteiger partial charge in [0.15, 0.2) is 5.16 Å². The number of thioether (sulfide) groups is 1. The fraction of sp³-hybridized carbons (Fsp3) is 0.286. The number of carbonyl (C=O) groups is 1. The fourth-order valence-corrected chi connectivity index (χ4v) is 4.65. The first-order chi connectivity index (χ1) is 12.6. The van der Waals surface area contributed by atoms with Crippen LogP contribution in [0.1, 0.15) is 31.2 Å². The average molecular weight is 364 g/mol. The van der Waals surface area contributed by atoms with Gasteiger partial charge in [0.1, 0.15) is 5.78 Å². The van der Waals surface area contributed by atoms with Gasteiger partial charge in [-0.3, -0.25) is 14.2 Å². The zero-order valence-electron chi connectivity index (χ0n) is 14.6. The highest BCUT2D eigenvalue weighted by atomic mass is 32.2. The standard InChI is InChI=1S/C21H20N2O2S/c1-14-8-2-5-11-17(14)23-20(25)15-9-3-4-10-16(15)22-21(23)26-19-13-7-6-12-18(19)24/h2-5,8-11,19H,6-7,12-13H2,1H3. The summed E-state index contributed by atoms with van der Waals surface area (Å²) in [6.07, 6.45) is 3.48. The predicted molar refractivity (Wildman–Crippen MR) is 105 cm³/mol. The minimum absolute atomic E-state index is 0.0874. The van der Waals surface area contributed by atoms with E-state index in [9.17, 15) is 9.59 Å². The van der Waals surface area contributed by atoms with Gasteiger partial charge in [0, 0.05) is 6.42 Å². The average Bonchev–Trinajstić information content (AvgIpc) is 2.65. The molecule has 1 heterocycles. The van der Waals surface area contributed by atoms with Gasteiger partial charge in [-0.15, -0.1) is 0 Å². The lowest BCUT2D eigenvalue weighted by atomic mass is 9.99. The van der Waals surface area contributed by atoms with Crippen LogP contribution >= 0.6 is 11.8 Å². The SMILES string of the molecule is Cc1ccccc1-n1c(SC2CCCCC2=O)nc2ccccc2c1=O. The Labute approximate surface area is 156 Å². The second-order valence-corrected chi connectivity index (χ2v) is 7.83. The van der Waals surface area contributed by atoms with Crippen LogP contribution in [0.25, 0.3) is 16.6 Å². The lowest BCUT2D eigenvalue weighted by molar-refractivity contribution is -0.119. The van der Waals surface area contributed by atoms with Crippen molar-refractivity contribution >= 4 is 28.4 Å². The van der Waals surface area contributed by atoms with E-state index >= 15 is 0 Å². The van der Waals surface area contributed by atoms with E-state index in [-0.39, 0.29) is 16.6 Å². The van der Waals surface area contributed by atoms with Crippen LogP contribution in [-0.4, -0.2) is 20.6 Å². The Kier molecular flexibility index (Phi) is 4.64. The molecule has 1 aromatic heterocycles. The molecule has 1 aliphatic carbocycles. The molecule has 0 aliphatic heterocycles. The number of benzene rings is 2. The Morgan fingerprint density at radius 1 is 1.04 bits per heavy atom. The minimum atomic E-state index is -0.118. The second kappa shape index (κ2) is 7.08. The number of Topliss-reactive ketones (excluding diaryl/α,β-unsaturated/α-hetero) is 1. The summed E-state index contributed by atoms with van der Waals surface area (Å²) in [7, 11) is 0. The van der Waals surface area contributed by atoms with Gasteiger partial charge in [0.05, 0.1) is 21.8 Å². The maximum absolute atomic E-state index is 13.2. The zero-order chi connectivity index (χ0) is 18.1. The number of fused-ring (bicyclic) bond motifs is 1. The molecule has 1 unspecified atom stereocenters. The van der Waals surface area contributed by atoms with Gasteiger partial charge in [-0.05, 0) is 43.5 Å². The van der Waals surface area contributed by atoms with E-state index in [1.165, 1.54) is 11.8 Å². The van der Waals surface area contributed by atoms with Crippen LogP contribution in [0.3, 0.4) is 0 Å². The summed E-state index contributed by atoms with van der Waals surface area (Å²) < 4.78 is 1.67. The molecule has 4 rings (SSSR count). The molecule has 5 heteroatoms. The van der Waals surface area contributed by atoms with E-state index < -0.39 is 0 Å². The Morgan fingerprint density at radius 2 is 1.81 bits per heavy atom. The highest BCUT2D eigenvalue weighted by Gasteiger charge is 2.26. The van der Waals surface area contributed by atoms with Crippen molar-refractivity contribution < 1.29 is 4.79 Å². The number of hydrogen-bond acceptors (Lipinski definition) is 4. The van der Waals surface area contributed by atoms with Gasteiger partial charge in [-0.1, -0.05) is 48.5 Å². The van der Waals surface area contributed by atoms with Crippen LogP contribution in [0.2, 0.25) is 0 Å². The van der Waals surface area contributed by atoms with Crippen LogP contribution in [0.5, 0.6) is 0 Å². The summed E-state index contributed by atoms with van der Waals surface area (Å²) >= 11 is 1.43. The molecule has 1 atom stereocenters. The predicted octanol–water partition coefficient (Wildman–Crippen LogP) is 4.30. The molecule has 1 saturated carbocycles. The molecule has 1 aliphatic rings. The number of aryl methyl sites for hydroxylation is 1. The summed E-state index contributed by atoms with van der Waals surface area (Å²) in [5.74, 6) is 0.264. The summed E-state index contributed by atoms with van der Waals surface area (Å²) in [5, 5.41) is 1.07. The van der Waals surface area contributed by atoms with Crippen molar-refractivity contribution in [3.63, 3.8) is 0 Å². The molecule has 2 aromatic carbocycles. The lowest BCUT2D eigenvalue weighted by Crippen LogP contribution is -2.26. The van der Waals surface area contributed by atoms with Crippen LogP contribution in [0.4, 0.5) is 0 Å². The highest BCUT2D eigenvalue weighted by Crippen LogP contribution is 2.32. The van der Waals surface area contributed by atoms with Crippen LogP contribution in [-0.2, 0) is 4.79 Å². The smallest absolute Gasteiger partial charge is 0.266 e. The van der Waals surface area contributed by atoms with Crippen LogP contribution in [0.15, 0.2) is 58.5 Å². The first kappa shape index (κ1) is 17.0. The van der Waals surface area contributed by atoms with E-state index in [4.69, 9.17) is 4.98 Å². The lowest BCUT2D eigenvalue weighted by Gasteiger charge is -2.22. The summed E-state index contributed by atoms with van der Waals surface area (Å²) in [6, 6.07) is 15.2. The van der Waals surface area contributed by atoms with Crippen molar-refractivity contribution in [1.82, 2.24) is 9.55 Å². The summed E-state index contributed by atoms with van der Waals surface area (Å²) in [4.78, 5) is 30.3. The maximum Gasteiger partial charge on any atom is 0.266 e. The molecule has 0 saturated heterocycles. The largest absolute Gasteiger partial charge is 0.298 e. The number of hydrogen-bond donors (Lipinski definition) is 0. The van der Waals surface area contributed by atoms with Crippen molar-refractivity contribution in [2.75, 3.05) is 0 Å². The molecule has 26 heavy (non-hydrogen) atoms. The normalized spacial score (nSPS) is 17.6. The first-order valence-electron chi connectivity index (χ1n) is 8.92. The van der Waals surface area contributed by atoms with Gasteiger partial charge in [0.2, 0.25) is 0 Å². The number of para-hydroxylation sites is 2. The number of carbonyl (C=O) groups excluding carboxylic acids is 1. The fourth-order valence-electron chi connectivity index (χ4n) is 3.42. The van der Waals surface area contributed by atoms with Gasteiger partial charge in [0.25, 0.3) is 5.56 Å². The third-order valence-corrected chi connectivity index (χ3v) is 6.12. The minimum Gasteiger partial charge on any atom is -0.298 e. The third kappa shape index (κ3) is 3.07. The van der Waals surface area contributed by atoms with Crippen molar-refractivity contribution in [3.8, 4) is 5.69 Å². The Hall–Kier alpha value is -2.40. The Bertz CT molecular complexity index is 1040. The number of ketones is 1. The molecule has 0 radical (unpaired) electrons. The van der Waals surface area contributed by atoms with E-state index in [0.717, 1.165) is 30.5 Å². The third-order valence-electron chi connectivity index (χ3n) is 4.85. The number of rotatable bonds is 3. The zero-order valence-corrected chi connectivity index (χ0v) is 15.5. The first-order valence-corrected chi connectivity index (χ1v) is 9.80. The van der Waals surface area contributed by atoms with Gasteiger partial charge < -0.3 is 0 Å². The molecule has 3 aromatic rings. The summed E-state index contributed by atoms with van der Waals surface area (Å²) in [6.45, 7) is 1.98. The van der Waals surface area contributed by atoms with Crippen LogP contribution in [0, 0.1) is 6.92 Å². The monoisotopic (exact) mass is 364 g/mol. The van der Waals surface area contributed by atoms with Crippen molar-refractivity contribution in [2.45, 2.75) is 43.0 Å². The highest BCUT2D eigenvalue weighted by molar-refractivity contribution is 8.00. The summed E-state index contributed by atoms with van der Waals surface area (Å²) in [5.41, 5.74) is 2.41. The maximum atomic E-state index is 13.2. The molecule has 0 amide bonds. The number of aromatic nitrogens is 2. The second-order valence-electron chi connectivity index (χ2n) is 6.66. The van der Waals surface area contributed by atoms with Gasteiger partial charge in [-0.25, -0.2) is 4.98 Å².